The molecule has 1 atom stereocenters. The highest BCUT2D eigenvalue weighted by Gasteiger charge is 2.28. The van der Waals surface area contributed by atoms with Gasteiger partial charge in [-0.25, -0.2) is 0 Å². The summed E-state index contributed by atoms with van der Waals surface area (Å²) in [5.74, 6) is -0.292. The normalized spacial score (nSPS) is 18.7. The van der Waals surface area contributed by atoms with Gasteiger partial charge in [0.15, 0.2) is 0 Å². The number of hydrogen-bond acceptors (Lipinski definition) is 6. The number of thiophene rings is 1. The molecule has 1 aliphatic rings. The molecule has 0 aromatic carbocycles. The van der Waals surface area contributed by atoms with Gasteiger partial charge in [-0.15, -0.1) is 11.3 Å². The first-order valence-corrected chi connectivity index (χ1v) is 6.37. The molecule has 2 heterocycles. The third-order valence-electron chi connectivity index (χ3n) is 2.92. The second-order valence-electron chi connectivity index (χ2n) is 4.10. The maximum atomic E-state index is 11.6. The van der Waals surface area contributed by atoms with Crippen LogP contribution in [0.25, 0.3) is 0 Å². The van der Waals surface area contributed by atoms with E-state index in [1.165, 1.54) is 18.4 Å². The summed E-state index contributed by atoms with van der Waals surface area (Å²) in [7, 11) is 1.52. The zero-order valence-corrected chi connectivity index (χ0v) is 10.8. The number of amides is 1. The predicted molar refractivity (Wildman–Crippen MR) is 69.7 cm³/mol. The zero-order chi connectivity index (χ0) is 13.3. The van der Waals surface area contributed by atoms with Gasteiger partial charge in [-0.1, -0.05) is 0 Å². The molecule has 1 amide bonds. The SMILES string of the molecule is CNC(=O)c1sc(N2CCC(O)C2)c(C#N)c1N. The molecule has 2 rings (SSSR count). The van der Waals surface area contributed by atoms with Crippen LogP contribution in [0.1, 0.15) is 21.7 Å². The molecule has 0 spiro atoms. The van der Waals surface area contributed by atoms with E-state index in [2.05, 4.69) is 5.32 Å². The second kappa shape index (κ2) is 4.84. The van der Waals surface area contributed by atoms with E-state index in [9.17, 15) is 9.90 Å². The minimum Gasteiger partial charge on any atom is -0.396 e. The van der Waals surface area contributed by atoms with Crippen molar-refractivity contribution in [1.29, 1.82) is 5.26 Å². The number of hydrogen-bond donors (Lipinski definition) is 3. The Balaban J connectivity index is 2.42. The number of nitrogens with zero attached hydrogens (tertiary/aromatic N) is 2. The van der Waals surface area contributed by atoms with Crippen LogP contribution in [0.3, 0.4) is 0 Å². The molecular formula is C11H14N4O2S. The number of β-amino-alcohol motifs (C(OH)–C–C–N with tert-alkyl or cyclic N) is 1. The minimum atomic E-state index is -0.386. The fourth-order valence-corrected chi connectivity index (χ4v) is 3.12. The van der Waals surface area contributed by atoms with Crippen LogP contribution in [0.4, 0.5) is 10.7 Å². The summed E-state index contributed by atoms with van der Waals surface area (Å²) in [6, 6.07) is 2.04. The van der Waals surface area contributed by atoms with Gasteiger partial charge in [-0.3, -0.25) is 4.79 Å². The third-order valence-corrected chi connectivity index (χ3v) is 4.19. The van der Waals surface area contributed by atoms with Gasteiger partial charge >= 0.3 is 0 Å². The minimum absolute atomic E-state index is 0.221. The summed E-state index contributed by atoms with van der Waals surface area (Å²) in [6.45, 7) is 1.14. The Kier molecular flexibility index (Phi) is 3.41. The van der Waals surface area contributed by atoms with Crippen molar-refractivity contribution in [3.05, 3.63) is 10.4 Å². The molecule has 0 bridgehead atoms. The highest BCUT2D eigenvalue weighted by molar-refractivity contribution is 7.19. The maximum absolute atomic E-state index is 11.6. The Bertz CT molecular complexity index is 520. The summed E-state index contributed by atoms with van der Waals surface area (Å²) in [4.78, 5) is 13.9. The standard InChI is InChI=1S/C11H14N4O2S/c1-14-10(17)9-8(13)7(4-12)11(18-9)15-3-2-6(16)5-15/h6,16H,2-3,5,13H2,1H3,(H,14,17). The van der Waals surface area contributed by atoms with Gasteiger partial charge in [0.2, 0.25) is 0 Å². The highest BCUT2D eigenvalue weighted by Crippen LogP contribution is 2.39. The Morgan fingerprint density at radius 3 is 2.94 bits per heavy atom. The number of anilines is 2. The Labute approximate surface area is 109 Å². The van der Waals surface area contributed by atoms with E-state index >= 15 is 0 Å². The van der Waals surface area contributed by atoms with Gasteiger partial charge in [0.25, 0.3) is 5.91 Å². The van der Waals surface area contributed by atoms with Gasteiger partial charge in [-0.05, 0) is 6.42 Å². The molecule has 18 heavy (non-hydrogen) atoms. The van der Waals surface area contributed by atoms with E-state index in [0.717, 1.165) is 0 Å². The van der Waals surface area contributed by atoms with Crippen molar-refractivity contribution < 1.29 is 9.90 Å². The van der Waals surface area contributed by atoms with E-state index in [1.54, 1.807) is 0 Å². The summed E-state index contributed by atoms with van der Waals surface area (Å²) >= 11 is 1.20. The monoisotopic (exact) mass is 266 g/mol. The van der Waals surface area contributed by atoms with Crippen LogP contribution in [-0.4, -0.2) is 37.3 Å². The molecule has 1 aliphatic heterocycles. The van der Waals surface area contributed by atoms with E-state index in [4.69, 9.17) is 11.0 Å². The molecule has 1 aromatic rings. The third kappa shape index (κ3) is 2.00. The number of nitrogens with two attached hydrogens (primary N) is 1. The number of nitriles is 1. The molecule has 1 aromatic heterocycles. The van der Waals surface area contributed by atoms with Crippen LogP contribution >= 0.6 is 11.3 Å². The topological polar surface area (TPSA) is 102 Å². The molecule has 1 saturated heterocycles. The van der Waals surface area contributed by atoms with Crippen LogP contribution in [0.15, 0.2) is 0 Å². The fraction of sp³-hybridized carbons (Fsp3) is 0.455. The van der Waals surface area contributed by atoms with Gasteiger partial charge < -0.3 is 21.1 Å². The lowest BCUT2D eigenvalue weighted by Gasteiger charge is -2.15. The molecule has 7 heteroatoms. The number of aliphatic hydroxyl groups is 1. The summed E-state index contributed by atoms with van der Waals surface area (Å²) in [5, 5.41) is 21.8. The van der Waals surface area contributed by atoms with Crippen LogP contribution < -0.4 is 16.0 Å². The second-order valence-corrected chi connectivity index (χ2v) is 5.10. The average molecular weight is 266 g/mol. The average Bonchev–Trinajstić information content (AvgIpc) is 2.92. The maximum Gasteiger partial charge on any atom is 0.263 e. The molecular weight excluding hydrogens is 252 g/mol. The summed E-state index contributed by atoms with van der Waals surface area (Å²) < 4.78 is 0. The van der Waals surface area contributed by atoms with Crippen molar-refractivity contribution in [3.8, 4) is 6.07 Å². The lowest BCUT2D eigenvalue weighted by Crippen LogP contribution is -2.20. The van der Waals surface area contributed by atoms with Gasteiger partial charge in [-0.2, -0.15) is 5.26 Å². The number of carbonyl (C=O) groups is 1. The van der Waals surface area contributed by atoms with E-state index in [-0.39, 0.29) is 17.7 Å². The molecule has 1 unspecified atom stereocenters. The van der Waals surface area contributed by atoms with E-state index in [0.29, 0.717) is 35.0 Å². The van der Waals surface area contributed by atoms with E-state index < -0.39 is 0 Å². The van der Waals surface area contributed by atoms with Crippen LogP contribution in [-0.2, 0) is 0 Å². The van der Waals surface area contributed by atoms with Crippen molar-refractivity contribution in [1.82, 2.24) is 5.32 Å². The number of nitrogen functional groups attached to an aromatic ring is 1. The van der Waals surface area contributed by atoms with Gasteiger partial charge in [0.05, 0.1) is 11.8 Å². The van der Waals surface area contributed by atoms with Crippen molar-refractivity contribution in [3.63, 3.8) is 0 Å². The van der Waals surface area contributed by atoms with Crippen molar-refractivity contribution in [2.45, 2.75) is 12.5 Å². The summed E-state index contributed by atoms with van der Waals surface area (Å²) in [5.41, 5.74) is 6.38. The van der Waals surface area contributed by atoms with Crippen molar-refractivity contribution in [2.75, 3.05) is 30.8 Å². The molecule has 0 aliphatic carbocycles. The highest BCUT2D eigenvalue weighted by atomic mass is 32.1. The first-order valence-electron chi connectivity index (χ1n) is 5.56. The first-order chi connectivity index (χ1) is 8.58. The Morgan fingerprint density at radius 1 is 1.72 bits per heavy atom. The fourth-order valence-electron chi connectivity index (χ4n) is 1.97. The molecule has 0 radical (unpaired) electrons. The van der Waals surface area contributed by atoms with Crippen LogP contribution in [0, 0.1) is 11.3 Å². The smallest absolute Gasteiger partial charge is 0.263 e. The van der Waals surface area contributed by atoms with Crippen LogP contribution in [0.2, 0.25) is 0 Å². The van der Waals surface area contributed by atoms with Crippen molar-refractivity contribution in [2.24, 2.45) is 0 Å². The predicted octanol–water partition coefficient (Wildman–Crippen LogP) is 0.133. The molecule has 6 nitrogen and oxygen atoms in total. The Morgan fingerprint density at radius 2 is 2.44 bits per heavy atom. The lowest BCUT2D eigenvalue weighted by molar-refractivity contribution is 0.0968. The molecule has 4 N–H and O–H groups in total. The van der Waals surface area contributed by atoms with Crippen LogP contribution in [0.5, 0.6) is 0 Å². The molecule has 0 saturated carbocycles. The quantitative estimate of drug-likeness (QED) is 0.706. The first kappa shape index (κ1) is 12.7. The van der Waals surface area contributed by atoms with Gasteiger partial charge in [0, 0.05) is 20.1 Å². The molecule has 1 fully saturated rings. The number of carbonyl (C=O) groups excluding carboxylic acids is 1. The number of rotatable bonds is 2. The molecule has 96 valence electrons. The van der Waals surface area contributed by atoms with E-state index in [1.807, 2.05) is 11.0 Å². The number of nitrogens with one attached hydrogen (secondary N) is 1. The lowest BCUT2D eigenvalue weighted by atomic mass is 10.2. The largest absolute Gasteiger partial charge is 0.396 e. The Hall–Kier alpha value is -1.78. The van der Waals surface area contributed by atoms with Gasteiger partial charge in [0.1, 0.15) is 21.5 Å². The zero-order valence-electron chi connectivity index (χ0n) is 9.93. The number of aliphatic hydroxyl groups excluding tert-OH is 1. The summed E-state index contributed by atoms with van der Waals surface area (Å²) in [6.07, 6.45) is 0.279. The van der Waals surface area contributed by atoms with Crippen molar-refractivity contribution >= 4 is 27.9 Å².